The van der Waals surface area contributed by atoms with E-state index in [2.05, 4.69) is 10.3 Å². The van der Waals surface area contributed by atoms with Gasteiger partial charge in [0.05, 0.1) is 16.8 Å². The van der Waals surface area contributed by atoms with Crippen molar-refractivity contribution < 1.29 is 9.53 Å². The van der Waals surface area contributed by atoms with Crippen LogP contribution in [0.2, 0.25) is 0 Å². The molecule has 1 aliphatic carbocycles. The van der Waals surface area contributed by atoms with Crippen LogP contribution in [0.5, 0.6) is 5.75 Å². The van der Waals surface area contributed by atoms with Gasteiger partial charge in [0.2, 0.25) is 5.91 Å². The number of aromatic nitrogens is 3. The number of anilines is 1. The standard InChI is InChI=1S/C19H17N5O4S/c1-2-28-13-5-6-14-15(7-13)29-18(21-14)22-16(25)10-24-17(26)11(8-20)9-23(19(24)27)12-3-4-12/h5-7,9,12H,2-4,10H2,1H3,(H,21,22,25). The number of carbonyl (C=O) groups is 1. The van der Waals surface area contributed by atoms with Crippen LogP contribution in [-0.4, -0.2) is 26.6 Å². The second-order valence-corrected chi connectivity index (χ2v) is 7.63. The number of hydrogen-bond acceptors (Lipinski definition) is 7. The van der Waals surface area contributed by atoms with Crippen molar-refractivity contribution in [2.45, 2.75) is 32.4 Å². The van der Waals surface area contributed by atoms with Crippen LogP contribution in [0.1, 0.15) is 31.4 Å². The van der Waals surface area contributed by atoms with Gasteiger partial charge in [0, 0.05) is 12.2 Å². The molecule has 0 atom stereocenters. The molecule has 0 spiro atoms. The lowest BCUT2D eigenvalue weighted by atomic mass is 10.3. The van der Waals surface area contributed by atoms with Gasteiger partial charge >= 0.3 is 5.69 Å². The van der Waals surface area contributed by atoms with E-state index in [4.69, 9.17) is 4.74 Å². The van der Waals surface area contributed by atoms with Crippen LogP contribution in [0.3, 0.4) is 0 Å². The van der Waals surface area contributed by atoms with Crippen LogP contribution in [0.25, 0.3) is 10.2 Å². The minimum Gasteiger partial charge on any atom is -0.494 e. The number of thiazole rings is 1. The number of fused-ring (bicyclic) bond motifs is 1. The zero-order valence-electron chi connectivity index (χ0n) is 15.5. The fourth-order valence-corrected chi connectivity index (χ4v) is 3.88. The van der Waals surface area contributed by atoms with Gasteiger partial charge in [-0.3, -0.25) is 14.2 Å². The maximum atomic E-state index is 12.6. The van der Waals surface area contributed by atoms with E-state index in [9.17, 15) is 19.6 Å². The molecule has 4 rings (SSSR count). The summed E-state index contributed by atoms with van der Waals surface area (Å²) in [5.41, 5.74) is -0.811. The fourth-order valence-electron chi connectivity index (χ4n) is 2.97. The highest BCUT2D eigenvalue weighted by atomic mass is 32.1. The first kappa shape index (κ1) is 18.9. The summed E-state index contributed by atoms with van der Waals surface area (Å²) < 4.78 is 8.46. The first-order chi connectivity index (χ1) is 14.0. The number of benzene rings is 1. The van der Waals surface area contributed by atoms with Gasteiger partial charge in [-0.25, -0.2) is 14.3 Å². The maximum absolute atomic E-state index is 12.6. The molecule has 0 aliphatic heterocycles. The van der Waals surface area contributed by atoms with Gasteiger partial charge in [0.25, 0.3) is 5.56 Å². The van der Waals surface area contributed by atoms with E-state index < -0.39 is 23.7 Å². The van der Waals surface area contributed by atoms with Crippen molar-refractivity contribution in [3.05, 3.63) is 50.8 Å². The summed E-state index contributed by atoms with van der Waals surface area (Å²) in [5, 5.41) is 12.1. The van der Waals surface area contributed by atoms with Gasteiger partial charge in [-0.1, -0.05) is 11.3 Å². The molecule has 0 unspecified atom stereocenters. The summed E-state index contributed by atoms with van der Waals surface area (Å²) in [6.07, 6.45) is 2.90. The molecule has 1 N–H and O–H groups in total. The number of amides is 1. The van der Waals surface area contributed by atoms with E-state index in [0.29, 0.717) is 23.0 Å². The third-order valence-corrected chi connectivity index (χ3v) is 5.41. The number of hydrogen-bond donors (Lipinski definition) is 1. The Bertz CT molecular complexity index is 1260. The minimum atomic E-state index is -0.768. The summed E-state index contributed by atoms with van der Waals surface area (Å²) in [6.45, 7) is 1.95. The number of nitrogens with zero attached hydrogens (tertiary/aromatic N) is 4. The van der Waals surface area contributed by atoms with E-state index in [1.165, 1.54) is 22.1 Å². The summed E-state index contributed by atoms with van der Waals surface area (Å²) in [7, 11) is 0. The number of nitrogens with one attached hydrogen (secondary N) is 1. The maximum Gasteiger partial charge on any atom is 0.331 e. The van der Waals surface area contributed by atoms with Crippen LogP contribution in [0.4, 0.5) is 5.13 Å². The van der Waals surface area contributed by atoms with Gasteiger partial charge in [-0.05, 0) is 38.0 Å². The normalized spacial score (nSPS) is 13.2. The summed E-state index contributed by atoms with van der Waals surface area (Å²) >= 11 is 1.26. The van der Waals surface area contributed by atoms with Gasteiger partial charge in [0.15, 0.2) is 5.13 Å². The monoisotopic (exact) mass is 411 g/mol. The predicted molar refractivity (Wildman–Crippen MR) is 107 cm³/mol. The Morgan fingerprint density at radius 1 is 1.41 bits per heavy atom. The zero-order valence-corrected chi connectivity index (χ0v) is 16.4. The van der Waals surface area contributed by atoms with E-state index in [1.54, 1.807) is 18.2 Å². The third kappa shape index (κ3) is 3.77. The van der Waals surface area contributed by atoms with E-state index in [1.807, 2.05) is 13.0 Å². The molecule has 0 radical (unpaired) electrons. The molecule has 1 aliphatic rings. The Morgan fingerprint density at radius 3 is 2.90 bits per heavy atom. The van der Waals surface area contributed by atoms with Crippen molar-refractivity contribution in [2.24, 2.45) is 0 Å². The summed E-state index contributed by atoms with van der Waals surface area (Å²) in [4.78, 5) is 41.7. The van der Waals surface area contributed by atoms with Gasteiger partial charge in [0.1, 0.15) is 23.9 Å². The molecular weight excluding hydrogens is 394 g/mol. The zero-order chi connectivity index (χ0) is 20.5. The first-order valence-electron chi connectivity index (χ1n) is 9.09. The lowest BCUT2D eigenvalue weighted by molar-refractivity contribution is -0.116. The van der Waals surface area contributed by atoms with Crippen molar-refractivity contribution >= 4 is 32.6 Å². The Balaban J connectivity index is 1.58. The molecule has 2 aromatic heterocycles. The number of nitriles is 1. The molecule has 2 heterocycles. The molecule has 29 heavy (non-hydrogen) atoms. The number of ether oxygens (including phenoxy) is 1. The van der Waals surface area contributed by atoms with Crippen molar-refractivity contribution in [3.8, 4) is 11.8 Å². The topological polar surface area (TPSA) is 119 Å². The highest BCUT2D eigenvalue weighted by molar-refractivity contribution is 7.22. The molecule has 9 nitrogen and oxygen atoms in total. The molecule has 1 aromatic carbocycles. The number of carbonyl (C=O) groups excluding carboxylic acids is 1. The molecule has 1 amide bonds. The second kappa shape index (κ2) is 7.52. The average Bonchev–Trinajstić information content (AvgIpc) is 3.45. The third-order valence-electron chi connectivity index (χ3n) is 4.48. The van der Waals surface area contributed by atoms with Gasteiger partial charge < -0.3 is 10.1 Å². The van der Waals surface area contributed by atoms with Crippen LogP contribution >= 0.6 is 11.3 Å². The van der Waals surface area contributed by atoms with E-state index in [-0.39, 0.29) is 11.6 Å². The fraction of sp³-hybridized carbons (Fsp3) is 0.316. The van der Waals surface area contributed by atoms with E-state index >= 15 is 0 Å². The molecular formula is C19H17N5O4S. The Labute approximate surface area is 168 Å². The quantitative estimate of drug-likeness (QED) is 0.661. The Kier molecular flexibility index (Phi) is 4.90. The summed E-state index contributed by atoms with van der Waals surface area (Å²) in [6, 6.07) is 7.20. The summed E-state index contributed by atoms with van der Waals surface area (Å²) in [5.74, 6) is 0.146. The molecule has 10 heteroatoms. The Hall–Kier alpha value is -3.45. The highest BCUT2D eigenvalue weighted by Gasteiger charge is 2.27. The smallest absolute Gasteiger partial charge is 0.331 e. The van der Waals surface area contributed by atoms with Crippen LogP contribution < -0.4 is 21.3 Å². The van der Waals surface area contributed by atoms with Crippen LogP contribution in [-0.2, 0) is 11.3 Å². The van der Waals surface area contributed by atoms with Crippen molar-refractivity contribution in [2.75, 3.05) is 11.9 Å². The molecule has 1 fully saturated rings. The second-order valence-electron chi connectivity index (χ2n) is 6.60. The SMILES string of the molecule is CCOc1ccc2nc(NC(=O)Cn3c(=O)c(C#N)cn(C4CC4)c3=O)sc2c1. The van der Waals surface area contributed by atoms with Crippen molar-refractivity contribution in [1.29, 1.82) is 5.26 Å². The number of rotatable bonds is 6. The molecule has 3 aromatic rings. The van der Waals surface area contributed by atoms with Gasteiger partial charge in [-0.2, -0.15) is 5.26 Å². The van der Waals surface area contributed by atoms with Crippen molar-refractivity contribution in [1.82, 2.24) is 14.1 Å². The molecule has 0 saturated heterocycles. The van der Waals surface area contributed by atoms with E-state index in [0.717, 1.165) is 22.1 Å². The van der Waals surface area contributed by atoms with Crippen LogP contribution in [0.15, 0.2) is 34.0 Å². The molecule has 1 saturated carbocycles. The lowest BCUT2D eigenvalue weighted by Gasteiger charge is -2.09. The molecule has 0 bridgehead atoms. The lowest BCUT2D eigenvalue weighted by Crippen LogP contribution is -2.43. The van der Waals surface area contributed by atoms with Crippen molar-refractivity contribution in [3.63, 3.8) is 0 Å². The highest BCUT2D eigenvalue weighted by Crippen LogP contribution is 2.33. The minimum absolute atomic E-state index is 0.0201. The van der Waals surface area contributed by atoms with Gasteiger partial charge in [-0.15, -0.1) is 0 Å². The first-order valence-corrected chi connectivity index (χ1v) is 9.91. The molecule has 148 valence electrons. The Morgan fingerprint density at radius 2 is 2.21 bits per heavy atom. The largest absolute Gasteiger partial charge is 0.494 e. The van der Waals surface area contributed by atoms with Crippen LogP contribution in [0, 0.1) is 11.3 Å². The average molecular weight is 411 g/mol. The predicted octanol–water partition coefficient (Wildman–Crippen LogP) is 1.86.